The Morgan fingerprint density at radius 1 is 1.39 bits per heavy atom. The van der Waals surface area contributed by atoms with Crippen molar-refractivity contribution in [2.75, 3.05) is 20.2 Å². The number of allylic oxidation sites excluding steroid dienone is 2. The summed E-state index contributed by atoms with van der Waals surface area (Å²) in [5.74, 6) is 2.24. The highest BCUT2D eigenvalue weighted by Gasteiger charge is 2.30. The quantitative estimate of drug-likeness (QED) is 0.834. The molecule has 1 aromatic heterocycles. The number of ether oxygens (including phenoxy) is 1. The van der Waals surface area contributed by atoms with Crippen molar-refractivity contribution in [1.29, 1.82) is 0 Å². The first-order valence-corrected chi connectivity index (χ1v) is 6.75. The van der Waals surface area contributed by atoms with Gasteiger partial charge in [0.15, 0.2) is 10.9 Å². The molecule has 2 atom stereocenters. The molecule has 1 saturated heterocycles. The summed E-state index contributed by atoms with van der Waals surface area (Å²) in [6, 6.07) is 1.99. The van der Waals surface area contributed by atoms with Crippen LogP contribution in [0.1, 0.15) is 18.4 Å². The number of hydrogen-bond acceptors (Lipinski definition) is 3. The fraction of sp³-hybridized carbons (Fsp3) is 0.500. The molecule has 0 amide bonds. The molecule has 1 aromatic rings. The van der Waals surface area contributed by atoms with E-state index in [1.807, 2.05) is 12.3 Å². The van der Waals surface area contributed by atoms with Crippen LogP contribution >= 0.6 is 11.6 Å². The highest BCUT2D eigenvalue weighted by Crippen LogP contribution is 2.37. The number of hydrogen-bond donors (Lipinski definition) is 1. The molecule has 3 rings (SSSR count). The number of nitrogens with zero attached hydrogens (tertiary/aromatic N) is 1. The average Bonchev–Trinajstić information content (AvgIpc) is 2.86. The second kappa shape index (κ2) is 4.90. The molecule has 2 heterocycles. The fourth-order valence-corrected chi connectivity index (χ4v) is 3.12. The number of nitrogens with one attached hydrogen (secondary N) is 1. The van der Waals surface area contributed by atoms with Gasteiger partial charge in [0.25, 0.3) is 0 Å². The first-order valence-electron chi connectivity index (χ1n) is 6.37. The summed E-state index contributed by atoms with van der Waals surface area (Å²) in [4.78, 5) is 4.19. The predicted octanol–water partition coefficient (Wildman–Crippen LogP) is 2.76. The molecule has 1 aliphatic heterocycles. The van der Waals surface area contributed by atoms with E-state index < -0.39 is 0 Å². The van der Waals surface area contributed by atoms with E-state index in [1.54, 1.807) is 7.11 Å². The Hall–Kier alpha value is -1.06. The third kappa shape index (κ3) is 2.13. The van der Waals surface area contributed by atoms with Crippen molar-refractivity contribution in [2.24, 2.45) is 11.8 Å². The highest BCUT2D eigenvalue weighted by atomic mass is 35.5. The molecule has 0 bridgehead atoms. The zero-order chi connectivity index (χ0) is 12.5. The summed E-state index contributed by atoms with van der Waals surface area (Å²) in [6.07, 6.45) is 6.49. The fourth-order valence-electron chi connectivity index (χ4n) is 2.94. The number of fused-ring (bicyclic) bond motifs is 1. The van der Waals surface area contributed by atoms with Crippen LogP contribution in [0.15, 0.2) is 18.3 Å². The SMILES string of the molecule is COc1cc(C2=CC[C@H]3CNC[C@H]3C2)cnc1Cl. The molecule has 0 radical (unpaired) electrons. The summed E-state index contributed by atoms with van der Waals surface area (Å²) in [5, 5.41) is 3.90. The van der Waals surface area contributed by atoms with Crippen molar-refractivity contribution >= 4 is 17.2 Å². The van der Waals surface area contributed by atoms with Crippen molar-refractivity contribution < 1.29 is 4.74 Å². The average molecular weight is 265 g/mol. The van der Waals surface area contributed by atoms with Gasteiger partial charge >= 0.3 is 0 Å². The summed E-state index contributed by atoms with van der Waals surface area (Å²) in [6.45, 7) is 2.30. The van der Waals surface area contributed by atoms with Gasteiger partial charge in [-0.05, 0) is 55.0 Å². The van der Waals surface area contributed by atoms with E-state index in [0.717, 1.165) is 43.3 Å². The molecule has 0 unspecified atom stereocenters. The van der Waals surface area contributed by atoms with Crippen molar-refractivity contribution in [3.63, 3.8) is 0 Å². The first-order chi connectivity index (χ1) is 8.78. The van der Waals surface area contributed by atoms with Crippen LogP contribution in [0, 0.1) is 11.8 Å². The monoisotopic (exact) mass is 264 g/mol. The molecule has 0 aromatic carbocycles. The molecule has 1 fully saturated rings. The van der Waals surface area contributed by atoms with Crippen LogP contribution in [0.25, 0.3) is 5.57 Å². The molecular formula is C14H17ClN2O. The maximum atomic E-state index is 5.96. The lowest BCUT2D eigenvalue weighted by molar-refractivity contribution is 0.411. The summed E-state index contributed by atoms with van der Waals surface area (Å²) in [7, 11) is 1.62. The largest absolute Gasteiger partial charge is 0.494 e. The minimum Gasteiger partial charge on any atom is -0.494 e. The van der Waals surface area contributed by atoms with Crippen LogP contribution in [0.3, 0.4) is 0 Å². The third-order valence-corrected chi connectivity index (χ3v) is 4.31. The smallest absolute Gasteiger partial charge is 0.171 e. The number of pyridine rings is 1. The maximum Gasteiger partial charge on any atom is 0.171 e. The van der Waals surface area contributed by atoms with E-state index in [9.17, 15) is 0 Å². The zero-order valence-electron chi connectivity index (χ0n) is 10.4. The van der Waals surface area contributed by atoms with E-state index >= 15 is 0 Å². The van der Waals surface area contributed by atoms with Gasteiger partial charge in [-0.1, -0.05) is 17.7 Å². The molecule has 4 heteroatoms. The Morgan fingerprint density at radius 2 is 2.22 bits per heavy atom. The lowest BCUT2D eigenvalue weighted by atomic mass is 9.80. The van der Waals surface area contributed by atoms with Crippen molar-refractivity contribution in [3.05, 3.63) is 29.1 Å². The van der Waals surface area contributed by atoms with Crippen molar-refractivity contribution in [1.82, 2.24) is 10.3 Å². The molecule has 18 heavy (non-hydrogen) atoms. The van der Waals surface area contributed by atoms with Gasteiger partial charge in [-0.3, -0.25) is 0 Å². The van der Waals surface area contributed by atoms with Gasteiger partial charge in [-0.25, -0.2) is 4.98 Å². The highest BCUT2D eigenvalue weighted by molar-refractivity contribution is 6.30. The molecule has 0 spiro atoms. The van der Waals surface area contributed by atoms with Crippen LogP contribution < -0.4 is 10.1 Å². The second-order valence-corrected chi connectivity index (χ2v) is 5.42. The topological polar surface area (TPSA) is 34.1 Å². The van der Waals surface area contributed by atoms with Crippen LogP contribution in [0.5, 0.6) is 5.75 Å². The van der Waals surface area contributed by atoms with Gasteiger partial charge in [-0.2, -0.15) is 0 Å². The molecule has 96 valence electrons. The van der Waals surface area contributed by atoms with Gasteiger partial charge in [0.05, 0.1) is 7.11 Å². The Balaban J connectivity index is 1.86. The molecule has 1 N–H and O–H groups in total. The van der Waals surface area contributed by atoms with Gasteiger partial charge in [0, 0.05) is 6.20 Å². The summed E-state index contributed by atoms with van der Waals surface area (Å²) in [5.41, 5.74) is 2.52. The van der Waals surface area contributed by atoms with Gasteiger partial charge in [0.2, 0.25) is 0 Å². The molecule has 2 aliphatic rings. The van der Waals surface area contributed by atoms with E-state index in [2.05, 4.69) is 16.4 Å². The van der Waals surface area contributed by atoms with Crippen LogP contribution in [-0.4, -0.2) is 25.2 Å². The minimum absolute atomic E-state index is 0.429. The van der Waals surface area contributed by atoms with Crippen LogP contribution in [-0.2, 0) is 0 Å². The Kier molecular flexibility index (Phi) is 3.27. The second-order valence-electron chi connectivity index (χ2n) is 5.06. The lowest BCUT2D eigenvalue weighted by Crippen LogP contribution is -2.16. The Labute approximate surface area is 112 Å². The molecule has 1 aliphatic carbocycles. The van der Waals surface area contributed by atoms with Gasteiger partial charge in [-0.15, -0.1) is 0 Å². The van der Waals surface area contributed by atoms with Crippen LogP contribution in [0.4, 0.5) is 0 Å². The van der Waals surface area contributed by atoms with E-state index in [1.165, 1.54) is 5.57 Å². The molecule has 3 nitrogen and oxygen atoms in total. The molecule has 0 saturated carbocycles. The van der Waals surface area contributed by atoms with Crippen LogP contribution in [0.2, 0.25) is 5.15 Å². The molecular weight excluding hydrogens is 248 g/mol. The standard InChI is InChI=1S/C14H17ClN2O/c1-18-13-5-12(8-17-14(13)15)9-2-3-10-6-16-7-11(10)4-9/h2,5,8,10-11,16H,3-4,6-7H2,1H3/t10-,11+/m0/s1. The predicted molar refractivity (Wildman–Crippen MR) is 72.9 cm³/mol. The van der Waals surface area contributed by atoms with E-state index in [-0.39, 0.29) is 0 Å². The third-order valence-electron chi connectivity index (χ3n) is 4.03. The lowest BCUT2D eigenvalue weighted by Gasteiger charge is -2.24. The van der Waals surface area contributed by atoms with E-state index in [0.29, 0.717) is 10.9 Å². The summed E-state index contributed by atoms with van der Waals surface area (Å²) >= 11 is 5.96. The van der Waals surface area contributed by atoms with Crippen molar-refractivity contribution in [3.8, 4) is 5.75 Å². The normalized spacial score (nSPS) is 26.7. The number of aromatic nitrogens is 1. The zero-order valence-corrected chi connectivity index (χ0v) is 11.2. The Bertz CT molecular complexity index is 487. The number of methoxy groups -OCH3 is 1. The maximum absolute atomic E-state index is 5.96. The summed E-state index contributed by atoms with van der Waals surface area (Å²) < 4.78 is 5.23. The van der Waals surface area contributed by atoms with Gasteiger partial charge in [0.1, 0.15) is 0 Å². The van der Waals surface area contributed by atoms with E-state index in [4.69, 9.17) is 16.3 Å². The minimum atomic E-state index is 0.429. The van der Waals surface area contributed by atoms with Gasteiger partial charge < -0.3 is 10.1 Å². The number of rotatable bonds is 2. The first kappa shape index (κ1) is 12.0. The van der Waals surface area contributed by atoms with Crippen molar-refractivity contribution in [2.45, 2.75) is 12.8 Å². The Morgan fingerprint density at radius 3 is 3.06 bits per heavy atom. The number of halogens is 1.